The summed E-state index contributed by atoms with van der Waals surface area (Å²) < 4.78 is 19.2. The van der Waals surface area contributed by atoms with Crippen molar-refractivity contribution in [3.63, 3.8) is 0 Å². The molecular weight excluding hydrogens is 405 g/mol. The number of hydrogen-bond acceptors (Lipinski definition) is 3. The van der Waals surface area contributed by atoms with Gasteiger partial charge in [0, 0.05) is 0 Å². The first-order valence-corrected chi connectivity index (χ1v) is 12.4. The van der Waals surface area contributed by atoms with Gasteiger partial charge < -0.3 is 13.7 Å². The molecule has 6 heteroatoms. The summed E-state index contributed by atoms with van der Waals surface area (Å²) in [5.74, 6) is 0. The Balaban J connectivity index is 1.66. The van der Waals surface area contributed by atoms with Gasteiger partial charge in [0.05, 0.1) is 0 Å². The van der Waals surface area contributed by atoms with Crippen LogP contribution in [0.1, 0.15) is 56.7 Å². The third-order valence-electron chi connectivity index (χ3n) is 6.03. The molecule has 1 heterocycles. The maximum Gasteiger partial charge on any atom is 0.467 e. The molecule has 0 radical (unpaired) electrons. The van der Waals surface area contributed by atoms with Gasteiger partial charge in [-0.2, -0.15) is 0 Å². The van der Waals surface area contributed by atoms with Crippen LogP contribution in [0.4, 0.5) is 0 Å². The van der Waals surface area contributed by atoms with Gasteiger partial charge in [-0.15, -0.1) is 0 Å². The normalized spacial score (nSPS) is 14.1. The quantitative estimate of drug-likeness (QED) is 0.472. The van der Waals surface area contributed by atoms with E-state index in [0.717, 1.165) is 54.9 Å². The smallest absolute Gasteiger partial charge is 0.445 e. The average Bonchev–Trinajstić information content (AvgIpc) is 2.85. The Morgan fingerprint density at radius 1 is 0.485 bits per heavy atom. The number of benzene rings is 3. The molecule has 168 valence electrons. The monoisotopic (exact) mass is 438 g/mol. The van der Waals surface area contributed by atoms with Crippen LogP contribution in [0.3, 0.4) is 0 Å². The maximum atomic E-state index is 6.41. The van der Waals surface area contributed by atoms with Crippen molar-refractivity contribution in [1.82, 2.24) is 0 Å². The van der Waals surface area contributed by atoms with Crippen molar-refractivity contribution < 1.29 is 13.7 Å². The molecule has 3 nitrogen and oxygen atoms in total. The van der Waals surface area contributed by atoms with E-state index in [4.69, 9.17) is 13.7 Å². The van der Waals surface area contributed by atoms with Gasteiger partial charge in [-0.1, -0.05) is 113 Å². The van der Waals surface area contributed by atoms with Crippen molar-refractivity contribution in [1.29, 1.82) is 0 Å². The van der Waals surface area contributed by atoms with Crippen LogP contribution in [0.2, 0.25) is 0 Å². The summed E-state index contributed by atoms with van der Waals surface area (Å²) in [6.45, 7) is 6.60. The van der Waals surface area contributed by atoms with Gasteiger partial charge in [-0.3, -0.25) is 0 Å². The van der Waals surface area contributed by atoms with Crippen molar-refractivity contribution in [2.24, 2.45) is 0 Å². The molecule has 0 amide bonds. The van der Waals surface area contributed by atoms with Crippen LogP contribution in [-0.4, -0.2) is 21.4 Å². The van der Waals surface area contributed by atoms with Gasteiger partial charge in [0.15, 0.2) is 0 Å². The van der Waals surface area contributed by atoms with Crippen molar-refractivity contribution in [2.75, 3.05) is 0 Å². The SMILES string of the molecule is CCCc1cccc(B2OB(c3cccc(CCC)c3)OB(c3cccc(CCC)c3)O2)c1. The zero-order valence-electron chi connectivity index (χ0n) is 20.1. The second kappa shape index (κ2) is 11.7. The zero-order chi connectivity index (χ0) is 23.0. The van der Waals surface area contributed by atoms with Gasteiger partial charge in [0.1, 0.15) is 0 Å². The van der Waals surface area contributed by atoms with Gasteiger partial charge in [-0.25, -0.2) is 0 Å². The Morgan fingerprint density at radius 3 is 1.06 bits per heavy atom. The predicted molar refractivity (Wildman–Crippen MR) is 141 cm³/mol. The molecule has 3 aromatic rings. The van der Waals surface area contributed by atoms with Crippen molar-refractivity contribution in [3.8, 4) is 0 Å². The molecular formula is C27H33B3O3. The molecule has 33 heavy (non-hydrogen) atoms. The van der Waals surface area contributed by atoms with Crippen LogP contribution in [0, 0.1) is 0 Å². The van der Waals surface area contributed by atoms with Gasteiger partial charge >= 0.3 is 21.4 Å². The van der Waals surface area contributed by atoms with E-state index in [2.05, 4.69) is 93.6 Å². The fourth-order valence-corrected chi connectivity index (χ4v) is 4.46. The van der Waals surface area contributed by atoms with E-state index >= 15 is 0 Å². The van der Waals surface area contributed by atoms with Gasteiger partial charge in [0.2, 0.25) is 0 Å². The highest BCUT2D eigenvalue weighted by molar-refractivity contribution is 6.87. The highest BCUT2D eigenvalue weighted by Gasteiger charge is 2.43. The van der Waals surface area contributed by atoms with Crippen molar-refractivity contribution >= 4 is 37.7 Å². The standard InChI is InChI=1S/C27H33B3O3/c1-4-10-22-13-7-16-25(19-22)28-31-29(26-17-8-14-23(20-26)11-5-2)33-30(32-28)27-18-9-15-24(21-27)12-6-3/h7-9,13-21H,4-6,10-12H2,1-3H3. The molecule has 3 aromatic carbocycles. The summed E-state index contributed by atoms with van der Waals surface area (Å²) >= 11 is 0. The van der Waals surface area contributed by atoms with E-state index < -0.39 is 21.4 Å². The minimum Gasteiger partial charge on any atom is -0.445 e. The zero-order valence-corrected chi connectivity index (χ0v) is 20.1. The van der Waals surface area contributed by atoms with Crippen LogP contribution in [0.15, 0.2) is 72.8 Å². The Morgan fingerprint density at radius 2 is 0.788 bits per heavy atom. The molecule has 1 aliphatic rings. The summed E-state index contributed by atoms with van der Waals surface area (Å²) in [7, 11) is -1.47. The number of rotatable bonds is 9. The van der Waals surface area contributed by atoms with E-state index in [1.54, 1.807) is 0 Å². The fraction of sp³-hybridized carbons (Fsp3) is 0.333. The lowest BCUT2D eigenvalue weighted by molar-refractivity contribution is 0.308. The second-order valence-corrected chi connectivity index (χ2v) is 8.89. The molecule has 4 rings (SSSR count). The van der Waals surface area contributed by atoms with E-state index in [9.17, 15) is 0 Å². The molecule has 1 saturated heterocycles. The molecule has 0 bridgehead atoms. The molecule has 1 fully saturated rings. The minimum atomic E-state index is -0.491. The highest BCUT2D eigenvalue weighted by Crippen LogP contribution is 2.13. The lowest BCUT2D eigenvalue weighted by Crippen LogP contribution is -2.61. The third-order valence-corrected chi connectivity index (χ3v) is 6.03. The highest BCUT2D eigenvalue weighted by atomic mass is 16.7. The first-order valence-electron chi connectivity index (χ1n) is 12.4. The molecule has 0 unspecified atom stereocenters. The molecule has 0 saturated carbocycles. The lowest BCUT2D eigenvalue weighted by Gasteiger charge is -2.32. The van der Waals surface area contributed by atoms with Gasteiger partial charge in [0.25, 0.3) is 0 Å². The Bertz CT molecular complexity index is 904. The van der Waals surface area contributed by atoms with Crippen molar-refractivity contribution in [3.05, 3.63) is 89.5 Å². The van der Waals surface area contributed by atoms with Crippen LogP contribution in [-0.2, 0) is 33.0 Å². The minimum absolute atomic E-state index is 0.491. The Hall–Kier alpha value is -2.27. The average molecular weight is 438 g/mol. The molecule has 0 N–H and O–H groups in total. The number of hydrogen-bond donors (Lipinski definition) is 0. The summed E-state index contributed by atoms with van der Waals surface area (Å²) in [6, 6.07) is 25.7. The topological polar surface area (TPSA) is 27.7 Å². The van der Waals surface area contributed by atoms with E-state index in [-0.39, 0.29) is 0 Å². The summed E-state index contributed by atoms with van der Waals surface area (Å²) in [4.78, 5) is 0. The lowest BCUT2D eigenvalue weighted by atomic mass is 9.61. The third kappa shape index (κ3) is 6.20. The largest absolute Gasteiger partial charge is 0.467 e. The Labute approximate surface area is 200 Å². The predicted octanol–water partition coefficient (Wildman–Crippen LogP) is 4.09. The van der Waals surface area contributed by atoms with Crippen molar-refractivity contribution in [2.45, 2.75) is 59.3 Å². The number of aryl methyl sites for hydroxylation is 3. The van der Waals surface area contributed by atoms with E-state index in [1.165, 1.54) is 16.7 Å². The fourth-order valence-electron chi connectivity index (χ4n) is 4.46. The summed E-state index contributed by atoms with van der Waals surface area (Å²) in [5, 5.41) is 0. The van der Waals surface area contributed by atoms with E-state index in [0.29, 0.717) is 0 Å². The van der Waals surface area contributed by atoms with Crippen LogP contribution >= 0.6 is 0 Å². The summed E-state index contributed by atoms with van der Waals surface area (Å²) in [5.41, 5.74) is 7.01. The molecule has 0 spiro atoms. The van der Waals surface area contributed by atoms with E-state index in [1.807, 2.05) is 0 Å². The van der Waals surface area contributed by atoms with Crippen LogP contribution < -0.4 is 16.4 Å². The molecule has 0 atom stereocenters. The van der Waals surface area contributed by atoms with Gasteiger partial charge in [-0.05, 0) is 52.3 Å². The summed E-state index contributed by atoms with van der Waals surface area (Å²) in [6.07, 6.45) is 6.46. The van der Waals surface area contributed by atoms with Crippen LogP contribution in [0.25, 0.3) is 0 Å². The Kier molecular flexibility index (Phi) is 8.49. The van der Waals surface area contributed by atoms with Crippen LogP contribution in [0.5, 0.6) is 0 Å². The maximum absolute atomic E-state index is 6.41. The first kappa shape index (κ1) is 23.9. The second-order valence-electron chi connectivity index (χ2n) is 8.89. The first-order chi connectivity index (χ1) is 16.2. The molecule has 0 aliphatic carbocycles. The molecule has 1 aliphatic heterocycles. The molecule has 0 aromatic heterocycles.